The van der Waals surface area contributed by atoms with Gasteiger partial charge >= 0.3 is 0 Å². The number of hydrogen-bond acceptors (Lipinski definition) is 4. The molecule has 2 heterocycles. The Hall–Kier alpha value is -1.42. The Bertz CT molecular complexity index is 378. The lowest BCUT2D eigenvalue weighted by molar-refractivity contribution is 0.283. The summed E-state index contributed by atoms with van der Waals surface area (Å²) in [6.45, 7) is 0.221. The van der Waals surface area contributed by atoms with Gasteiger partial charge in [0.2, 0.25) is 0 Å². The summed E-state index contributed by atoms with van der Waals surface area (Å²) in [5, 5.41) is 8.62. The van der Waals surface area contributed by atoms with Crippen LogP contribution in [-0.4, -0.2) is 21.7 Å². The fraction of sp³-hybridized carbons (Fsp3) is 0.400. The first-order chi connectivity index (χ1) is 6.90. The molecule has 0 aliphatic rings. The fourth-order valence-corrected chi connectivity index (χ4v) is 1.31. The molecular formula is C10H12N2O2. The molecule has 2 aromatic rings. The summed E-state index contributed by atoms with van der Waals surface area (Å²) < 4.78 is 5.46. The third-order valence-electron chi connectivity index (χ3n) is 2.01. The Morgan fingerprint density at radius 1 is 1.36 bits per heavy atom. The topological polar surface area (TPSA) is 59.2 Å². The summed E-state index contributed by atoms with van der Waals surface area (Å²) in [6.07, 6.45) is 4.13. The monoisotopic (exact) mass is 192 g/mol. The van der Waals surface area contributed by atoms with Gasteiger partial charge in [-0.25, -0.2) is 4.98 Å². The van der Waals surface area contributed by atoms with Gasteiger partial charge in [-0.05, 0) is 25.0 Å². The summed E-state index contributed by atoms with van der Waals surface area (Å²) in [5.41, 5.74) is 1.39. The van der Waals surface area contributed by atoms with Gasteiger partial charge in [-0.1, -0.05) is 0 Å². The summed E-state index contributed by atoms with van der Waals surface area (Å²) in [4.78, 5) is 8.30. The van der Waals surface area contributed by atoms with Gasteiger partial charge in [0.25, 0.3) is 0 Å². The van der Waals surface area contributed by atoms with Crippen LogP contribution >= 0.6 is 0 Å². The molecule has 0 fully saturated rings. The van der Waals surface area contributed by atoms with Crippen molar-refractivity contribution in [2.45, 2.75) is 19.3 Å². The van der Waals surface area contributed by atoms with E-state index in [9.17, 15) is 0 Å². The highest BCUT2D eigenvalue weighted by Gasteiger charge is 2.04. The molecule has 4 heteroatoms. The van der Waals surface area contributed by atoms with Crippen LogP contribution in [0.1, 0.15) is 18.7 Å². The standard InChI is InChI=1S/C10H12N2O2/c13-7-2-1-5-9-12-10-8(14-9)4-3-6-11-10/h3-4,6,13H,1-2,5,7H2. The number of aliphatic hydroxyl groups excluding tert-OH is 1. The van der Waals surface area contributed by atoms with Crippen LogP contribution in [0.25, 0.3) is 11.2 Å². The highest BCUT2D eigenvalue weighted by atomic mass is 16.3. The van der Waals surface area contributed by atoms with Gasteiger partial charge < -0.3 is 9.52 Å². The van der Waals surface area contributed by atoms with Crippen molar-refractivity contribution < 1.29 is 9.52 Å². The number of pyridine rings is 1. The summed E-state index contributed by atoms with van der Waals surface area (Å²) in [5.74, 6) is 0.701. The largest absolute Gasteiger partial charge is 0.439 e. The molecule has 0 aliphatic carbocycles. The smallest absolute Gasteiger partial charge is 0.198 e. The highest BCUT2D eigenvalue weighted by molar-refractivity contribution is 5.66. The molecule has 0 aromatic carbocycles. The maximum Gasteiger partial charge on any atom is 0.198 e. The minimum absolute atomic E-state index is 0.221. The molecule has 0 aliphatic heterocycles. The van der Waals surface area contributed by atoms with Gasteiger partial charge in [0, 0.05) is 19.2 Å². The van der Waals surface area contributed by atoms with Crippen LogP contribution in [0, 0.1) is 0 Å². The van der Waals surface area contributed by atoms with Crippen molar-refractivity contribution in [2.75, 3.05) is 6.61 Å². The molecule has 14 heavy (non-hydrogen) atoms. The maximum absolute atomic E-state index is 8.62. The third kappa shape index (κ3) is 1.90. The zero-order valence-electron chi connectivity index (χ0n) is 7.81. The number of rotatable bonds is 4. The molecule has 0 radical (unpaired) electrons. The van der Waals surface area contributed by atoms with E-state index in [1.165, 1.54) is 0 Å². The summed E-state index contributed by atoms with van der Waals surface area (Å²) in [6, 6.07) is 3.68. The average molecular weight is 192 g/mol. The van der Waals surface area contributed by atoms with E-state index >= 15 is 0 Å². The number of nitrogens with zero attached hydrogens (tertiary/aromatic N) is 2. The van der Waals surface area contributed by atoms with Crippen LogP contribution in [0.5, 0.6) is 0 Å². The lowest BCUT2D eigenvalue weighted by atomic mass is 10.2. The quantitative estimate of drug-likeness (QED) is 0.746. The van der Waals surface area contributed by atoms with Crippen LogP contribution in [0.4, 0.5) is 0 Å². The summed E-state index contributed by atoms with van der Waals surface area (Å²) >= 11 is 0. The van der Waals surface area contributed by atoms with Crippen LogP contribution in [0.2, 0.25) is 0 Å². The Labute approximate surface area is 81.6 Å². The first-order valence-corrected chi connectivity index (χ1v) is 4.71. The second-order valence-electron chi connectivity index (χ2n) is 3.11. The van der Waals surface area contributed by atoms with Gasteiger partial charge in [0.1, 0.15) is 0 Å². The number of aliphatic hydroxyl groups is 1. The number of unbranched alkanes of at least 4 members (excludes halogenated alkanes) is 1. The van der Waals surface area contributed by atoms with Crippen molar-refractivity contribution in [3.8, 4) is 0 Å². The number of aromatic nitrogens is 2. The van der Waals surface area contributed by atoms with Crippen molar-refractivity contribution in [2.24, 2.45) is 0 Å². The zero-order valence-corrected chi connectivity index (χ0v) is 7.81. The van der Waals surface area contributed by atoms with Crippen LogP contribution in [0.3, 0.4) is 0 Å². The number of hydrogen-bond donors (Lipinski definition) is 1. The van der Waals surface area contributed by atoms with E-state index in [1.807, 2.05) is 12.1 Å². The SMILES string of the molecule is OCCCCc1nc2ncccc2o1. The Kier molecular flexibility index (Phi) is 2.74. The molecule has 2 aromatic heterocycles. The molecule has 0 saturated carbocycles. The van der Waals surface area contributed by atoms with Crippen molar-refractivity contribution in [3.05, 3.63) is 24.2 Å². The molecule has 0 bridgehead atoms. The van der Waals surface area contributed by atoms with E-state index in [0.29, 0.717) is 11.5 Å². The van der Waals surface area contributed by atoms with Crippen molar-refractivity contribution >= 4 is 11.2 Å². The molecule has 0 atom stereocenters. The Morgan fingerprint density at radius 3 is 3.07 bits per heavy atom. The second kappa shape index (κ2) is 4.19. The minimum Gasteiger partial charge on any atom is -0.439 e. The lowest BCUT2D eigenvalue weighted by Gasteiger charge is -1.91. The van der Waals surface area contributed by atoms with Gasteiger partial charge in [0.05, 0.1) is 0 Å². The lowest BCUT2D eigenvalue weighted by Crippen LogP contribution is -1.88. The van der Waals surface area contributed by atoms with Gasteiger partial charge in [-0.15, -0.1) is 0 Å². The van der Waals surface area contributed by atoms with Crippen LogP contribution in [-0.2, 0) is 6.42 Å². The first kappa shape index (κ1) is 9.15. The molecule has 0 amide bonds. The number of fused-ring (bicyclic) bond motifs is 1. The summed E-state index contributed by atoms with van der Waals surface area (Å²) in [7, 11) is 0. The molecule has 0 saturated heterocycles. The van der Waals surface area contributed by atoms with E-state index in [-0.39, 0.29) is 6.61 Å². The normalized spacial score (nSPS) is 10.9. The maximum atomic E-state index is 8.62. The van der Waals surface area contributed by atoms with E-state index in [0.717, 1.165) is 24.8 Å². The van der Waals surface area contributed by atoms with Crippen molar-refractivity contribution in [1.29, 1.82) is 0 Å². The zero-order chi connectivity index (χ0) is 9.80. The third-order valence-corrected chi connectivity index (χ3v) is 2.01. The Morgan fingerprint density at radius 2 is 2.29 bits per heavy atom. The molecule has 74 valence electrons. The van der Waals surface area contributed by atoms with Gasteiger partial charge in [-0.3, -0.25) is 0 Å². The van der Waals surface area contributed by atoms with Crippen molar-refractivity contribution in [3.63, 3.8) is 0 Å². The van der Waals surface area contributed by atoms with Gasteiger partial charge in [-0.2, -0.15) is 4.98 Å². The molecule has 0 unspecified atom stereocenters. The van der Waals surface area contributed by atoms with E-state index in [1.54, 1.807) is 6.20 Å². The molecule has 0 spiro atoms. The molecule has 4 nitrogen and oxygen atoms in total. The van der Waals surface area contributed by atoms with Gasteiger partial charge in [0.15, 0.2) is 17.1 Å². The molecule has 1 N–H and O–H groups in total. The van der Waals surface area contributed by atoms with Crippen LogP contribution < -0.4 is 0 Å². The Balaban J connectivity index is 2.11. The second-order valence-corrected chi connectivity index (χ2v) is 3.11. The number of aryl methyl sites for hydroxylation is 1. The van der Waals surface area contributed by atoms with Crippen LogP contribution in [0.15, 0.2) is 22.7 Å². The van der Waals surface area contributed by atoms with E-state index in [2.05, 4.69) is 9.97 Å². The van der Waals surface area contributed by atoms with E-state index in [4.69, 9.17) is 9.52 Å². The number of oxazole rings is 1. The average Bonchev–Trinajstić information content (AvgIpc) is 2.60. The minimum atomic E-state index is 0.221. The first-order valence-electron chi connectivity index (χ1n) is 4.71. The highest BCUT2D eigenvalue weighted by Crippen LogP contribution is 2.13. The molecule has 2 rings (SSSR count). The fourth-order valence-electron chi connectivity index (χ4n) is 1.31. The van der Waals surface area contributed by atoms with Crippen molar-refractivity contribution in [1.82, 2.24) is 9.97 Å². The predicted molar refractivity (Wildman–Crippen MR) is 51.8 cm³/mol. The molecular weight excluding hydrogens is 180 g/mol. The van der Waals surface area contributed by atoms with E-state index < -0.39 is 0 Å². The predicted octanol–water partition coefficient (Wildman–Crippen LogP) is 1.54.